The lowest BCUT2D eigenvalue weighted by molar-refractivity contribution is -0.124. The average Bonchev–Trinajstić information content (AvgIpc) is 3.41. The molecule has 0 radical (unpaired) electrons. The van der Waals surface area contributed by atoms with Crippen molar-refractivity contribution < 1.29 is 14.3 Å². The summed E-state index contributed by atoms with van der Waals surface area (Å²) in [6, 6.07) is 2.57. The number of hydrogen-bond acceptors (Lipinski definition) is 6. The van der Waals surface area contributed by atoms with Gasteiger partial charge < -0.3 is 24.4 Å². The van der Waals surface area contributed by atoms with Crippen molar-refractivity contribution in [2.45, 2.75) is 65.1 Å². The number of aryl methyl sites for hydroxylation is 1. The number of imidazole rings is 1. The number of anilines is 1. The van der Waals surface area contributed by atoms with Gasteiger partial charge in [-0.2, -0.15) is 0 Å². The maximum absolute atomic E-state index is 12.6. The first-order chi connectivity index (χ1) is 15.9. The third-order valence-electron chi connectivity index (χ3n) is 6.26. The summed E-state index contributed by atoms with van der Waals surface area (Å²) in [5, 5.41) is 3.63. The molecule has 2 aliphatic heterocycles. The number of amides is 2. The van der Waals surface area contributed by atoms with Crippen LogP contribution >= 0.6 is 0 Å². The largest absolute Gasteiger partial charge is 0.444 e. The molecule has 33 heavy (non-hydrogen) atoms. The summed E-state index contributed by atoms with van der Waals surface area (Å²) in [7, 11) is 0. The van der Waals surface area contributed by atoms with E-state index in [-0.39, 0.29) is 30.2 Å². The average molecular weight is 453 g/mol. The van der Waals surface area contributed by atoms with E-state index in [2.05, 4.69) is 45.5 Å². The molecule has 9 nitrogen and oxygen atoms in total. The van der Waals surface area contributed by atoms with Crippen LogP contribution in [-0.4, -0.2) is 74.7 Å². The molecule has 0 bridgehead atoms. The molecule has 1 N–H and O–H groups in total. The molecular formula is C24H32N6O3. The minimum atomic E-state index is -0.299. The Morgan fingerprint density at radius 1 is 1.18 bits per heavy atom. The van der Waals surface area contributed by atoms with Crippen LogP contribution in [0.3, 0.4) is 0 Å². The number of fused-ring (bicyclic) bond motifs is 1. The number of rotatable bonds is 4. The van der Waals surface area contributed by atoms with Crippen LogP contribution in [-0.2, 0) is 9.53 Å². The fourth-order valence-electron chi connectivity index (χ4n) is 4.46. The van der Waals surface area contributed by atoms with Crippen LogP contribution in [0.4, 0.5) is 10.5 Å². The lowest BCUT2D eigenvalue weighted by Gasteiger charge is -2.33. The SMILES string of the molecule is CC#CC(=O)N1CC[C@@H](OC(=O)N2CCC(Nc3cc(C)nc4c3ncn4C(C)C)CC2)C1. The summed E-state index contributed by atoms with van der Waals surface area (Å²) >= 11 is 0. The minimum absolute atomic E-state index is 0.207. The van der Waals surface area contributed by atoms with Crippen LogP contribution < -0.4 is 5.32 Å². The van der Waals surface area contributed by atoms with Gasteiger partial charge in [0, 0.05) is 43.8 Å². The van der Waals surface area contributed by atoms with Gasteiger partial charge in [-0.1, -0.05) is 5.92 Å². The van der Waals surface area contributed by atoms with Gasteiger partial charge in [0.25, 0.3) is 5.91 Å². The van der Waals surface area contributed by atoms with Gasteiger partial charge in [-0.15, -0.1) is 0 Å². The Kier molecular flexibility index (Phi) is 6.72. The van der Waals surface area contributed by atoms with Crippen molar-refractivity contribution in [1.29, 1.82) is 0 Å². The summed E-state index contributed by atoms with van der Waals surface area (Å²) in [6.45, 7) is 10.1. The maximum Gasteiger partial charge on any atom is 0.410 e. The molecule has 2 aromatic heterocycles. The highest BCUT2D eigenvalue weighted by Crippen LogP contribution is 2.26. The van der Waals surface area contributed by atoms with E-state index in [1.54, 1.807) is 16.7 Å². The van der Waals surface area contributed by atoms with Crippen LogP contribution in [0.5, 0.6) is 0 Å². The predicted molar refractivity (Wildman–Crippen MR) is 126 cm³/mol. The summed E-state index contributed by atoms with van der Waals surface area (Å²) in [6.07, 6.45) is 3.58. The van der Waals surface area contributed by atoms with E-state index in [9.17, 15) is 9.59 Å². The molecule has 0 aliphatic carbocycles. The maximum atomic E-state index is 12.6. The molecule has 9 heteroatoms. The summed E-state index contributed by atoms with van der Waals surface area (Å²) in [4.78, 5) is 37.2. The molecule has 4 heterocycles. The fourth-order valence-corrected chi connectivity index (χ4v) is 4.46. The molecule has 4 rings (SSSR count). The van der Waals surface area contributed by atoms with E-state index in [1.807, 2.05) is 19.3 Å². The Balaban J connectivity index is 1.31. The number of carbonyl (C=O) groups excluding carboxylic acids is 2. The second-order valence-corrected chi connectivity index (χ2v) is 9.06. The first-order valence-corrected chi connectivity index (χ1v) is 11.6. The van der Waals surface area contributed by atoms with Crippen LogP contribution in [0, 0.1) is 18.8 Å². The fraction of sp³-hybridized carbons (Fsp3) is 0.583. The van der Waals surface area contributed by atoms with Gasteiger partial charge in [0.1, 0.15) is 11.6 Å². The molecular weight excluding hydrogens is 420 g/mol. The molecule has 0 saturated carbocycles. The Morgan fingerprint density at radius 3 is 2.61 bits per heavy atom. The number of carbonyl (C=O) groups is 2. The van der Waals surface area contributed by atoms with Crippen LogP contribution in [0.1, 0.15) is 51.8 Å². The first kappa shape index (κ1) is 22.9. The van der Waals surface area contributed by atoms with Crippen molar-refractivity contribution in [3.63, 3.8) is 0 Å². The van der Waals surface area contributed by atoms with Gasteiger partial charge in [0.15, 0.2) is 5.65 Å². The second-order valence-electron chi connectivity index (χ2n) is 9.06. The Bertz CT molecular complexity index is 1090. The molecule has 0 aromatic carbocycles. The Hall–Kier alpha value is -3.28. The molecule has 2 aromatic rings. The smallest absolute Gasteiger partial charge is 0.410 e. The third kappa shape index (κ3) is 5.05. The van der Waals surface area contributed by atoms with E-state index in [0.29, 0.717) is 32.6 Å². The third-order valence-corrected chi connectivity index (χ3v) is 6.26. The van der Waals surface area contributed by atoms with Crippen molar-refractivity contribution in [3.8, 4) is 11.8 Å². The zero-order valence-corrected chi connectivity index (χ0v) is 19.8. The lowest BCUT2D eigenvalue weighted by Crippen LogP contribution is -2.44. The molecule has 176 valence electrons. The highest BCUT2D eigenvalue weighted by atomic mass is 16.6. The van der Waals surface area contributed by atoms with E-state index >= 15 is 0 Å². The van der Waals surface area contributed by atoms with Crippen molar-refractivity contribution >= 4 is 28.9 Å². The molecule has 0 spiro atoms. The summed E-state index contributed by atoms with van der Waals surface area (Å²) in [5.74, 6) is 4.95. The molecule has 2 fully saturated rings. The Morgan fingerprint density at radius 2 is 1.91 bits per heavy atom. The van der Waals surface area contributed by atoms with Crippen molar-refractivity contribution in [2.75, 3.05) is 31.5 Å². The number of nitrogens with one attached hydrogen (secondary N) is 1. The topological polar surface area (TPSA) is 92.6 Å². The van der Waals surface area contributed by atoms with Gasteiger partial charge in [-0.05, 0) is 52.5 Å². The Labute approximate surface area is 194 Å². The van der Waals surface area contributed by atoms with Crippen LogP contribution in [0.25, 0.3) is 11.2 Å². The number of pyridine rings is 1. The minimum Gasteiger partial charge on any atom is -0.444 e. The first-order valence-electron chi connectivity index (χ1n) is 11.6. The number of hydrogen-bond donors (Lipinski definition) is 1. The normalized spacial score (nSPS) is 19.0. The van der Waals surface area contributed by atoms with E-state index < -0.39 is 0 Å². The van der Waals surface area contributed by atoms with Crippen molar-refractivity contribution in [2.24, 2.45) is 0 Å². The molecule has 0 unspecified atom stereocenters. The number of ether oxygens (including phenoxy) is 1. The van der Waals surface area contributed by atoms with Gasteiger partial charge in [0.05, 0.1) is 18.6 Å². The van der Waals surface area contributed by atoms with E-state index in [0.717, 1.165) is 35.4 Å². The number of aromatic nitrogens is 3. The predicted octanol–water partition coefficient (Wildman–Crippen LogP) is 2.96. The summed E-state index contributed by atoms with van der Waals surface area (Å²) in [5.41, 5.74) is 3.71. The van der Waals surface area contributed by atoms with Gasteiger partial charge >= 0.3 is 6.09 Å². The quantitative estimate of drug-likeness (QED) is 0.717. The number of piperidine rings is 1. The molecule has 1 atom stereocenters. The standard InChI is InChI=1S/C24H32N6O3/c1-5-6-21(31)29-12-9-19(14-29)33-24(32)28-10-7-18(8-11-28)27-20-13-17(4)26-23-22(20)25-15-30(23)16(2)3/h13,15-16,18-19H,7-12,14H2,1-4H3,(H,26,27)/t19-/m1/s1. The molecule has 2 amide bonds. The van der Waals surface area contributed by atoms with Gasteiger partial charge in [-0.25, -0.2) is 14.8 Å². The number of nitrogens with zero attached hydrogens (tertiary/aromatic N) is 5. The van der Waals surface area contributed by atoms with Crippen LogP contribution in [0.2, 0.25) is 0 Å². The highest BCUT2D eigenvalue weighted by molar-refractivity contribution is 5.93. The zero-order valence-electron chi connectivity index (χ0n) is 19.8. The summed E-state index contributed by atoms with van der Waals surface area (Å²) < 4.78 is 7.75. The van der Waals surface area contributed by atoms with Crippen molar-refractivity contribution in [3.05, 3.63) is 18.1 Å². The monoisotopic (exact) mass is 452 g/mol. The van der Waals surface area contributed by atoms with E-state index in [1.165, 1.54) is 0 Å². The van der Waals surface area contributed by atoms with E-state index in [4.69, 9.17) is 4.74 Å². The van der Waals surface area contributed by atoms with Gasteiger partial charge in [-0.3, -0.25) is 4.79 Å². The molecule has 2 saturated heterocycles. The number of likely N-dealkylation sites (tertiary alicyclic amines) is 2. The van der Waals surface area contributed by atoms with Crippen molar-refractivity contribution in [1.82, 2.24) is 24.3 Å². The lowest BCUT2D eigenvalue weighted by atomic mass is 10.0. The van der Waals surface area contributed by atoms with Gasteiger partial charge in [0.2, 0.25) is 0 Å². The van der Waals surface area contributed by atoms with Crippen LogP contribution in [0.15, 0.2) is 12.4 Å². The second kappa shape index (κ2) is 9.69. The zero-order chi connectivity index (χ0) is 23.5. The molecule has 2 aliphatic rings. The highest BCUT2D eigenvalue weighted by Gasteiger charge is 2.31.